The molecule has 1 heterocycles. The number of likely N-dealkylation sites (tertiary alicyclic amines) is 1. The largest absolute Gasteiger partial charge is 0.481 e. The van der Waals surface area contributed by atoms with E-state index in [4.69, 9.17) is 9.84 Å². The van der Waals surface area contributed by atoms with Gasteiger partial charge in [-0.15, -0.1) is 0 Å². The van der Waals surface area contributed by atoms with E-state index in [2.05, 4.69) is 60.4 Å². The molecule has 4 nitrogen and oxygen atoms in total. The molecule has 1 saturated heterocycles. The molecule has 144 valence electrons. The van der Waals surface area contributed by atoms with Gasteiger partial charge in [0.1, 0.15) is 6.23 Å². The van der Waals surface area contributed by atoms with Gasteiger partial charge in [-0.25, -0.2) is 0 Å². The Hall–Kier alpha value is -2.17. The molecule has 0 radical (unpaired) electrons. The zero-order chi connectivity index (χ0) is 19.1. The fourth-order valence-electron chi connectivity index (χ4n) is 3.56. The van der Waals surface area contributed by atoms with Gasteiger partial charge in [0.2, 0.25) is 0 Å². The van der Waals surface area contributed by atoms with Crippen molar-refractivity contribution in [1.82, 2.24) is 4.90 Å². The number of ether oxygens (including phenoxy) is 1. The van der Waals surface area contributed by atoms with Crippen molar-refractivity contribution in [3.8, 4) is 11.1 Å². The molecule has 2 aromatic rings. The van der Waals surface area contributed by atoms with Crippen molar-refractivity contribution in [1.29, 1.82) is 0 Å². The predicted octanol–water partition coefficient (Wildman–Crippen LogP) is 4.72. The number of aryl methyl sites for hydroxylation is 1. The van der Waals surface area contributed by atoms with E-state index >= 15 is 0 Å². The molecule has 0 aliphatic carbocycles. The van der Waals surface area contributed by atoms with Crippen LogP contribution >= 0.6 is 0 Å². The number of carboxylic acid groups (broad SMARTS) is 1. The van der Waals surface area contributed by atoms with E-state index in [-0.39, 0.29) is 12.6 Å². The van der Waals surface area contributed by atoms with Gasteiger partial charge in [-0.2, -0.15) is 0 Å². The topological polar surface area (TPSA) is 49.8 Å². The number of hydrogen-bond acceptors (Lipinski definition) is 3. The summed E-state index contributed by atoms with van der Waals surface area (Å²) < 4.78 is 6.12. The Kier molecular flexibility index (Phi) is 7.02. The van der Waals surface area contributed by atoms with E-state index in [1.54, 1.807) is 0 Å². The molecule has 27 heavy (non-hydrogen) atoms. The summed E-state index contributed by atoms with van der Waals surface area (Å²) in [6, 6.07) is 17.2. The van der Waals surface area contributed by atoms with Gasteiger partial charge >= 0.3 is 5.97 Å². The maximum absolute atomic E-state index is 10.8. The number of carbonyl (C=O) groups is 1. The Bertz CT molecular complexity index is 724. The summed E-state index contributed by atoms with van der Waals surface area (Å²) >= 11 is 0. The highest BCUT2D eigenvalue weighted by Gasteiger charge is 2.23. The second-order valence-electron chi connectivity index (χ2n) is 7.19. The minimum atomic E-state index is -0.748. The highest BCUT2D eigenvalue weighted by molar-refractivity contribution is 5.66. The Morgan fingerprint density at radius 1 is 1.04 bits per heavy atom. The molecule has 0 spiro atoms. The van der Waals surface area contributed by atoms with Crippen LogP contribution < -0.4 is 0 Å². The minimum Gasteiger partial charge on any atom is -0.481 e. The number of rotatable bonds is 8. The van der Waals surface area contributed by atoms with Crippen LogP contribution in [0.4, 0.5) is 0 Å². The highest BCUT2D eigenvalue weighted by atomic mass is 16.5. The zero-order valence-corrected chi connectivity index (χ0v) is 16.1. The second kappa shape index (κ2) is 9.67. The molecule has 1 atom stereocenters. The van der Waals surface area contributed by atoms with E-state index in [1.807, 2.05) is 0 Å². The lowest BCUT2D eigenvalue weighted by atomic mass is 10.0. The molecule has 1 aliphatic heterocycles. The van der Waals surface area contributed by atoms with Crippen LogP contribution in [0.2, 0.25) is 0 Å². The third-order valence-electron chi connectivity index (χ3n) is 5.26. The molecule has 2 aromatic carbocycles. The normalized spacial score (nSPS) is 17.7. The monoisotopic (exact) mass is 367 g/mol. The highest BCUT2D eigenvalue weighted by Crippen LogP contribution is 2.23. The summed E-state index contributed by atoms with van der Waals surface area (Å²) in [5.41, 5.74) is 4.94. The number of nitrogens with zero attached hydrogens (tertiary/aromatic N) is 1. The molecular weight excluding hydrogens is 338 g/mol. The Morgan fingerprint density at radius 3 is 2.26 bits per heavy atom. The van der Waals surface area contributed by atoms with Gasteiger partial charge < -0.3 is 9.84 Å². The quantitative estimate of drug-likeness (QED) is 0.733. The first-order chi connectivity index (χ1) is 13.2. The fourth-order valence-corrected chi connectivity index (χ4v) is 3.56. The van der Waals surface area contributed by atoms with Gasteiger partial charge in [-0.05, 0) is 47.9 Å². The van der Waals surface area contributed by atoms with Gasteiger partial charge in [0, 0.05) is 13.1 Å². The molecule has 0 aromatic heterocycles. The minimum absolute atomic E-state index is 0.0272. The molecule has 0 bridgehead atoms. The summed E-state index contributed by atoms with van der Waals surface area (Å²) in [6.07, 6.45) is 4.49. The van der Waals surface area contributed by atoms with Gasteiger partial charge in [-0.3, -0.25) is 9.69 Å². The molecular formula is C23H29NO3. The average Bonchev–Trinajstić information content (AvgIpc) is 2.72. The van der Waals surface area contributed by atoms with Crippen molar-refractivity contribution in [2.75, 3.05) is 13.1 Å². The average molecular weight is 367 g/mol. The van der Waals surface area contributed by atoms with Gasteiger partial charge in [0.25, 0.3) is 0 Å². The van der Waals surface area contributed by atoms with E-state index in [1.165, 1.54) is 16.7 Å². The summed E-state index contributed by atoms with van der Waals surface area (Å²) in [5, 5.41) is 8.92. The van der Waals surface area contributed by atoms with Gasteiger partial charge in [0.15, 0.2) is 0 Å². The first-order valence-electron chi connectivity index (χ1n) is 9.91. The Labute approximate surface area is 161 Å². The molecule has 0 saturated carbocycles. The maximum Gasteiger partial charge on any atom is 0.304 e. The number of carboxylic acids is 1. The van der Waals surface area contributed by atoms with Crippen LogP contribution in [-0.2, 0) is 22.6 Å². The number of hydrogen-bond donors (Lipinski definition) is 1. The van der Waals surface area contributed by atoms with Crippen LogP contribution in [0.5, 0.6) is 0 Å². The van der Waals surface area contributed by atoms with Crippen molar-refractivity contribution in [3.05, 3.63) is 59.7 Å². The lowest BCUT2D eigenvalue weighted by molar-refractivity contribution is -0.139. The van der Waals surface area contributed by atoms with Crippen LogP contribution in [-0.4, -0.2) is 35.3 Å². The smallest absolute Gasteiger partial charge is 0.304 e. The zero-order valence-electron chi connectivity index (χ0n) is 16.1. The van der Waals surface area contributed by atoms with Crippen LogP contribution in [0.15, 0.2) is 48.5 Å². The lowest BCUT2D eigenvalue weighted by Crippen LogP contribution is -2.42. The Balaban J connectivity index is 1.56. The molecule has 3 rings (SSSR count). The first kappa shape index (κ1) is 19.6. The molecule has 0 amide bonds. The maximum atomic E-state index is 10.8. The predicted molar refractivity (Wildman–Crippen MR) is 108 cm³/mol. The third kappa shape index (κ3) is 5.65. The third-order valence-corrected chi connectivity index (χ3v) is 5.26. The molecule has 4 heteroatoms. The Morgan fingerprint density at radius 2 is 1.67 bits per heavy atom. The van der Waals surface area contributed by atoms with Crippen LogP contribution in [0, 0.1) is 0 Å². The summed E-state index contributed by atoms with van der Waals surface area (Å²) in [4.78, 5) is 13.0. The van der Waals surface area contributed by atoms with E-state index < -0.39 is 5.97 Å². The van der Waals surface area contributed by atoms with Crippen LogP contribution in [0.25, 0.3) is 11.1 Å². The first-order valence-corrected chi connectivity index (χ1v) is 9.91. The molecule has 1 fully saturated rings. The molecule has 1 aliphatic rings. The summed E-state index contributed by atoms with van der Waals surface area (Å²) in [6.45, 7) is 4.21. The lowest BCUT2D eigenvalue weighted by Gasteiger charge is -2.35. The van der Waals surface area contributed by atoms with Crippen molar-refractivity contribution in [2.24, 2.45) is 0 Å². The van der Waals surface area contributed by atoms with Crippen molar-refractivity contribution in [3.63, 3.8) is 0 Å². The summed E-state index contributed by atoms with van der Waals surface area (Å²) in [7, 11) is 0. The van der Waals surface area contributed by atoms with Gasteiger partial charge in [-0.1, -0.05) is 55.5 Å². The van der Waals surface area contributed by atoms with E-state index in [9.17, 15) is 4.79 Å². The molecule has 1 N–H and O–H groups in total. The van der Waals surface area contributed by atoms with E-state index in [0.717, 1.165) is 37.8 Å². The molecule has 1 unspecified atom stereocenters. The standard InChI is InChI=1S/C23H29NO3/c1-2-18-6-10-20(11-7-18)21-12-8-19(9-13-21)17-27-22-5-3-4-15-24(22)16-14-23(25)26/h6-13,22H,2-5,14-17H2,1H3,(H,25,26). The van der Waals surface area contributed by atoms with Crippen LogP contribution in [0.1, 0.15) is 43.7 Å². The van der Waals surface area contributed by atoms with E-state index in [0.29, 0.717) is 13.2 Å². The number of aliphatic carboxylic acids is 1. The SMILES string of the molecule is CCc1ccc(-c2ccc(COC3CCCCN3CCC(=O)O)cc2)cc1. The van der Waals surface area contributed by atoms with Gasteiger partial charge in [0.05, 0.1) is 13.0 Å². The van der Waals surface area contributed by atoms with Crippen molar-refractivity contribution < 1.29 is 14.6 Å². The van der Waals surface area contributed by atoms with Crippen molar-refractivity contribution >= 4 is 5.97 Å². The number of benzene rings is 2. The number of piperidine rings is 1. The second-order valence-corrected chi connectivity index (χ2v) is 7.19. The fraction of sp³-hybridized carbons (Fsp3) is 0.435. The van der Waals surface area contributed by atoms with Crippen molar-refractivity contribution in [2.45, 2.75) is 51.9 Å². The summed E-state index contributed by atoms with van der Waals surface area (Å²) in [5.74, 6) is -0.748. The van der Waals surface area contributed by atoms with Crippen LogP contribution in [0.3, 0.4) is 0 Å².